The highest BCUT2D eigenvalue weighted by Gasteiger charge is 2.19. The molecule has 18 heavy (non-hydrogen) atoms. The number of halogens is 1. The summed E-state index contributed by atoms with van der Waals surface area (Å²) in [5.41, 5.74) is 1.07. The zero-order valence-electron chi connectivity index (χ0n) is 10.1. The molecule has 1 aliphatic heterocycles. The summed E-state index contributed by atoms with van der Waals surface area (Å²) in [7, 11) is 0. The Morgan fingerprint density at radius 1 is 1.06 bits per heavy atom. The molecule has 1 aromatic carbocycles. The smallest absolute Gasteiger partial charge is 0.181 e. The summed E-state index contributed by atoms with van der Waals surface area (Å²) in [6.45, 7) is 2.15. The molecule has 2 aromatic rings. The average Bonchev–Trinajstić information content (AvgIpc) is 2.90. The van der Waals surface area contributed by atoms with Crippen LogP contribution in [-0.4, -0.2) is 28.3 Å². The van der Waals surface area contributed by atoms with Gasteiger partial charge in [0.25, 0.3) is 0 Å². The minimum Gasteiger partial charge on any atom is -0.317 e. The van der Waals surface area contributed by atoms with Crippen molar-refractivity contribution in [3.8, 4) is 11.4 Å². The molecule has 1 fully saturated rings. The molecule has 2 N–H and O–H groups in total. The third kappa shape index (κ3) is 2.71. The maximum atomic E-state index is 4.61. The number of aromatic nitrogens is 3. The molecule has 96 valence electrons. The molecule has 0 spiro atoms. The lowest BCUT2D eigenvalue weighted by Gasteiger charge is -2.19. The summed E-state index contributed by atoms with van der Waals surface area (Å²) in [5.74, 6) is 2.37. The van der Waals surface area contributed by atoms with E-state index < -0.39 is 0 Å². The summed E-state index contributed by atoms with van der Waals surface area (Å²) >= 11 is 0. The molecule has 0 aliphatic carbocycles. The Morgan fingerprint density at radius 3 is 2.50 bits per heavy atom. The predicted molar refractivity (Wildman–Crippen MR) is 73.9 cm³/mol. The zero-order chi connectivity index (χ0) is 11.5. The highest BCUT2D eigenvalue weighted by molar-refractivity contribution is 5.85. The molecule has 4 nitrogen and oxygen atoms in total. The van der Waals surface area contributed by atoms with Gasteiger partial charge in [-0.1, -0.05) is 30.3 Å². The van der Waals surface area contributed by atoms with E-state index in [4.69, 9.17) is 0 Å². The predicted octanol–water partition coefficient (Wildman–Crippen LogP) is 2.36. The van der Waals surface area contributed by atoms with Crippen molar-refractivity contribution >= 4 is 12.4 Å². The van der Waals surface area contributed by atoms with Crippen molar-refractivity contribution in [1.82, 2.24) is 20.5 Å². The second-order valence-corrected chi connectivity index (χ2v) is 4.43. The number of aromatic amines is 1. The minimum atomic E-state index is 0. The molecule has 0 amide bonds. The average molecular weight is 265 g/mol. The van der Waals surface area contributed by atoms with Crippen LogP contribution in [0.5, 0.6) is 0 Å². The first-order chi connectivity index (χ1) is 8.43. The fraction of sp³-hybridized carbons (Fsp3) is 0.385. The molecular formula is C13H17ClN4. The van der Waals surface area contributed by atoms with Gasteiger partial charge in [0, 0.05) is 11.5 Å². The van der Waals surface area contributed by atoms with Gasteiger partial charge in [0.15, 0.2) is 5.82 Å². The molecule has 0 bridgehead atoms. The number of piperidine rings is 1. The summed E-state index contributed by atoms with van der Waals surface area (Å²) in [6.07, 6.45) is 2.28. The van der Waals surface area contributed by atoms with Crippen LogP contribution in [0.2, 0.25) is 0 Å². The number of nitrogens with zero attached hydrogens (tertiary/aromatic N) is 2. The van der Waals surface area contributed by atoms with Crippen molar-refractivity contribution in [2.75, 3.05) is 13.1 Å². The molecule has 5 heteroatoms. The fourth-order valence-corrected chi connectivity index (χ4v) is 2.27. The molecular weight excluding hydrogens is 248 g/mol. The molecule has 0 radical (unpaired) electrons. The Bertz CT molecular complexity index is 477. The van der Waals surface area contributed by atoms with Gasteiger partial charge in [-0.15, -0.1) is 12.4 Å². The maximum absolute atomic E-state index is 4.61. The van der Waals surface area contributed by atoms with Gasteiger partial charge in [-0.3, -0.25) is 5.10 Å². The van der Waals surface area contributed by atoms with Crippen molar-refractivity contribution in [3.05, 3.63) is 36.2 Å². The highest BCUT2D eigenvalue weighted by Crippen LogP contribution is 2.23. The summed E-state index contributed by atoms with van der Waals surface area (Å²) in [5, 5.41) is 10.8. The van der Waals surface area contributed by atoms with Crippen LogP contribution in [0.1, 0.15) is 24.6 Å². The molecule has 2 heterocycles. The first-order valence-electron chi connectivity index (χ1n) is 6.12. The van der Waals surface area contributed by atoms with E-state index in [0.29, 0.717) is 5.92 Å². The van der Waals surface area contributed by atoms with Crippen LogP contribution < -0.4 is 5.32 Å². The molecule has 0 unspecified atom stereocenters. The fourth-order valence-electron chi connectivity index (χ4n) is 2.27. The van der Waals surface area contributed by atoms with E-state index >= 15 is 0 Å². The SMILES string of the molecule is Cl.c1ccc(-c2n[nH]c(C3CCNCC3)n2)cc1. The second kappa shape index (κ2) is 5.98. The first kappa shape index (κ1) is 13.1. The number of hydrogen-bond acceptors (Lipinski definition) is 3. The monoisotopic (exact) mass is 264 g/mol. The molecule has 0 saturated carbocycles. The Hall–Kier alpha value is -1.39. The van der Waals surface area contributed by atoms with E-state index in [0.717, 1.165) is 43.1 Å². The van der Waals surface area contributed by atoms with Crippen LogP contribution in [-0.2, 0) is 0 Å². The lowest BCUT2D eigenvalue weighted by Crippen LogP contribution is -2.27. The topological polar surface area (TPSA) is 53.6 Å². The van der Waals surface area contributed by atoms with E-state index in [1.807, 2.05) is 30.3 Å². The number of H-pyrrole nitrogens is 1. The number of rotatable bonds is 2. The van der Waals surface area contributed by atoms with Crippen molar-refractivity contribution in [3.63, 3.8) is 0 Å². The number of benzene rings is 1. The van der Waals surface area contributed by atoms with E-state index in [-0.39, 0.29) is 12.4 Å². The van der Waals surface area contributed by atoms with Crippen LogP contribution in [0.3, 0.4) is 0 Å². The van der Waals surface area contributed by atoms with E-state index in [2.05, 4.69) is 20.5 Å². The quantitative estimate of drug-likeness (QED) is 0.876. The van der Waals surface area contributed by atoms with Gasteiger partial charge in [-0.05, 0) is 25.9 Å². The van der Waals surface area contributed by atoms with Crippen molar-refractivity contribution in [1.29, 1.82) is 0 Å². The molecule has 1 aliphatic rings. The summed E-state index contributed by atoms with van der Waals surface area (Å²) in [4.78, 5) is 4.61. The van der Waals surface area contributed by atoms with Gasteiger partial charge in [0.1, 0.15) is 5.82 Å². The molecule has 3 rings (SSSR count). The third-order valence-corrected chi connectivity index (χ3v) is 3.26. The maximum Gasteiger partial charge on any atom is 0.181 e. The molecule has 0 atom stereocenters. The Morgan fingerprint density at radius 2 is 1.78 bits per heavy atom. The lowest BCUT2D eigenvalue weighted by atomic mass is 9.98. The number of hydrogen-bond donors (Lipinski definition) is 2. The Kier molecular flexibility index (Phi) is 4.33. The van der Waals surface area contributed by atoms with E-state index in [9.17, 15) is 0 Å². The Labute approximate surface area is 113 Å². The number of nitrogens with one attached hydrogen (secondary N) is 2. The van der Waals surface area contributed by atoms with Crippen LogP contribution >= 0.6 is 12.4 Å². The Balaban J connectivity index is 0.00000120. The standard InChI is InChI=1S/C13H16N4.ClH/c1-2-4-10(5-3-1)12-15-13(17-16-12)11-6-8-14-9-7-11;/h1-5,11,14H,6-9H2,(H,15,16,17);1H. The summed E-state index contributed by atoms with van der Waals surface area (Å²) < 4.78 is 0. The first-order valence-corrected chi connectivity index (χ1v) is 6.12. The highest BCUT2D eigenvalue weighted by atomic mass is 35.5. The van der Waals surface area contributed by atoms with Crippen LogP contribution in [0.4, 0.5) is 0 Å². The van der Waals surface area contributed by atoms with Crippen LogP contribution in [0, 0.1) is 0 Å². The molecule has 1 aromatic heterocycles. The van der Waals surface area contributed by atoms with Gasteiger partial charge in [-0.25, -0.2) is 4.98 Å². The van der Waals surface area contributed by atoms with Gasteiger partial charge < -0.3 is 5.32 Å². The summed E-state index contributed by atoms with van der Waals surface area (Å²) in [6, 6.07) is 10.1. The van der Waals surface area contributed by atoms with E-state index in [1.165, 1.54) is 0 Å². The van der Waals surface area contributed by atoms with Crippen LogP contribution in [0.15, 0.2) is 30.3 Å². The zero-order valence-corrected chi connectivity index (χ0v) is 10.9. The van der Waals surface area contributed by atoms with Gasteiger partial charge >= 0.3 is 0 Å². The van der Waals surface area contributed by atoms with Gasteiger partial charge in [0.2, 0.25) is 0 Å². The van der Waals surface area contributed by atoms with Gasteiger partial charge in [0.05, 0.1) is 0 Å². The minimum absolute atomic E-state index is 0. The van der Waals surface area contributed by atoms with Gasteiger partial charge in [-0.2, -0.15) is 5.10 Å². The third-order valence-electron chi connectivity index (χ3n) is 3.26. The van der Waals surface area contributed by atoms with Crippen molar-refractivity contribution in [2.45, 2.75) is 18.8 Å². The normalized spacial score (nSPS) is 16.2. The van der Waals surface area contributed by atoms with Crippen LogP contribution in [0.25, 0.3) is 11.4 Å². The van der Waals surface area contributed by atoms with E-state index in [1.54, 1.807) is 0 Å². The lowest BCUT2D eigenvalue weighted by molar-refractivity contribution is 0.446. The molecule has 1 saturated heterocycles. The second-order valence-electron chi connectivity index (χ2n) is 4.43. The van der Waals surface area contributed by atoms with Crippen molar-refractivity contribution < 1.29 is 0 Å². The van der Waals surface area contributed by atoms with Crippen molar-refractivity contribution in [2.24, 2.45) is 0 Å². The largest absolute Gasteiger partial charge is 0.317 e.